The van der Waals surface area contributed by atoms with Gasteiger partial charge in [0.1, 0.15) is 0 Å². The first-order valence-corrected chi connectivity index (χ1v) is 12.3. The number of hydrogen-bond acceptors (Lipinski definition) is 4. The smallest absolute Gasteiger partial charge is 0.169 e. The second kappa shape index (κ2) is 7.69. The highest BCUT2D eigenvalue weighted by molar-refractivity contribution is 7.99. The third kappa shape index (κ3) is 3.20. The van der Waals surface area contributed by atoms with Gasteiger partial charge in [-0.05, 0) is 49.9 Å². The Labute approximate surface area is 182 Å². The van der Waals surface area contributed by atoms with Crippen molar-refractivity contribution >= 4 is 23.1 Å². The van der Waals surface area contributed by atoms with Gasteiger partial charge < -0.3 is 14.4 Å². The average molecular weight is 417 g/mol. The highest BCUT2D eigenvalue weighted by Gasteiger charge is 2.24. The zero-order chi connectivity index (χ0) is 19.9. The molecule has 2 fully saturated rings. The van der Waals surface area contributed by atoms with Crippen LogP contribution in [-0.2, 0) is 6.54 Å². The Bertz CT molecular complexity index is 1030. The zero-order valence-electron chi connectivity index (χ0n) is 17.4. The second-order valence-corrected chi connectivity index (χ2v) is 9.64. The lowest BCUT2D eigenvalue weighted by Gasteiger charge is -2.18. The van der Waals surface area contributed by atoms with Crippen molar-refractivity contribution in [2.45, 2.75) is 37.4 Å². The summed E-state index contributed by atoms with van der Waals surface area (Å²) in [7, 11) is 0. The van der Waals surface area contributed by atoms with Crippen molar-refractivity contribution in [1.82, 2.24) is 9.55 Å². The Hall–Kier alpha value is -2.40. The minimum atomic E-state index is 1.04. The first-order valence-electron chi connectivity index (χ1n) is 11.3. The summed E-state index contributed by atoms with van der Waals surface area (Å²) in [5, 5.41) is 1.16. The largest absolute Gasteiger partial charge is 0.372 e. The summed E-state index contributed by atoms with van der Waals surface area (Å²) in [4.78, 5) is 10.1. The van der Waals surface area contributed by atoms with Crippen molar-refractivity contribution in [1.29, 1.82) is 0 Å². The summed E-state index contributed by atoms with van der Waals surface area (Å²) < 4.78 is 2.42. The quantitative estimate of drug-likeness (QED) is 0.559. The highest BCUT2D eigenvalue weighted by Crippen LogP contribution is 2.40. The molecule has 30 heavy (non-hydrogen) atoms. The molecule has 4 heterocycles. The number of fused-ring (bicyclic) bond motifs is 1. The molecule has 5 heteroatoms. The van der Waals surface area contributed by atoms with Gasteiger partial charge in [-0.25, -0.2) is 4.98 Å². The van der Waals surface area contributed by atoms with E-state index in [9.17, 15) is 0 Å². The fourth-order valence-electron chi connectivity index (χ4n) is 5.08. The third-order valence-corrected chi connectivity index (χ3v) is 7.66. The van der Waals surface area contributed by atoms with E-state index in [0.29, 0.717) is 0 Å². The van der Waals surface area contributed by atoms with Crippen LogP contribution in [0.3, 0.4) is 0 Å². The molecule has 3 aromatic rings. The second-order valence-electron chi connectivity index (χ2n) is 8.57. The van der Waals surface area contributed by atoms with E-state index < -0.39 is 0 Å². The molecule has 3 aliphatic rings. The molecule has 0 N–H and O–H groups in total. The average Bonchev–Trinajstić information content (AvgIpc) is 3.59. The molecule has 4 nitrogen and oxygen atoms in total. The van der Waals surface area contributed by atoms with E-state index >= 15 is 0 Å². The molecule has 0 saturated carbocycles. The van der Waals surface area contributed by atoms with Crippen molar-refractivity contribution < 1.29 is 0 Å². The van der Waals surface area contributed by atoms with Gasteiger partial charge in [-0.2, -0.15) is 0 Å². The van der Waals surface area contributed by atoms with Crippen LogP contribution in [0, 0.1) is 0 Å². The van der Waals surface area contributed by atoms with Gasteiger partial charge in [-0.3, -0.25) is 0 Å². The van der Waals surface area contributed by atoms with Crippen LogP contribution in [0.15, 0.2) is 53.7 Å². The highest BCUT2D eigenvalue weighted by atomic mass is 32.2. The lowest BCUT2D eigenvalue weighted by atomic mass is 10.0. The van der Waals surface area contributed by atoms with Gasteiger partial charge in [-0.1, -0.05) is 36.0 Å². The van der Waals surface area contributed by atoms with Crippen LogP contribution < -0.4 is 9.80 Å². The molecule has 0 amide bonds. The maximum absolute atomic E-state index is 5.07. The molecular formula is C25H28N4S. The van der Waals surface area contributed by atoms with Gasteiger partial charge in [0.25, 0.3) is 0 Å². The number of thioether (sulfide) groups is 1. The van der Waals surface area contributed by atoms with Crippen LogP contribution in [-0.4, -0.2) is 41.5 Å². The van der Waals surface area contributed by atoms with Gasteiger partial charge >= 0.3 is 0 Å². The number of anilines is 2. The first-order chi connectivity index (χ1) is 14.9. The molecule has 0 spiro atoms. The van der Waals surface area contributed by atoms with Crippen LogP contribution in [0.25, 0.3) is 22.5 Å². The Balaban J connectivity index is 1.36. The maximum Gasteiger partial charge on any atom is 0.169 e. The first kappa shape index (κ1) is 18.4. The lowest BCUT2D eigenvalue weighted by molar-refractivity contribution is 0.726. The minimum absolute atomic E-state index is 1.04. The maximum atomic E-state index is 5.07. The van der Waals surface area contributed by atoms with E-state index in [4.69, 9.17) is 4.98 Å². The zero-order valence-corrected chi connectivity index (χ0v) is 18.2. The molecule has 3 aliphatic heterocycles. The molecule has 0 unspecified atom stereocenters. The van der Waals surface area contributed by atoms with Gasteiger partial charge in [-0.15, -0.1) is 0 Å². The Morgan fingerprint density at radius 3 is 1.73 bits per heavy atom. The molecule has 0 atom stereocenters. The molecule has 2 saturated heterocycles. The molecule has 1 aromatic heterocycles. The molecule has 154 valence electrons. The van der Waals surface area contributed by atoms with Crippen LogP contribution in [0.4, 0.5) is 11.4 Å². The van der Waals surface area contributed by atoms with Crippen LogP contribution in [0.2, 0.25) is 0 Å². The Morgan fingerprint density at radius 2 is 1.17 bits per heavy atom. The van der Waals surface area contributed by atoms with Crippen LogP contribution >= 0.6 is 11.8 Å². The molecule has 2 aromatic carbocycles. The van der Waals surface area contributed by atoms with Crippen molar-refractivity contribution in [2.75, 3.05) is 41.7 Å². The standard InChI is InChI=1S/C25H28N4S/c1-2-14-27(13-1)21-9-5-19(6-10-21)23-24(29-17-18-30-25(29)26-23)20-7-11-22(12-8-20)28-15-3-4-16-28/h5-12H,1-4,13-18H2. The van der Waals surface area contributed by atoms with Crippen LogP contribution in [0.1, 0.15) is 25.7 Å². The predicted octanol–water partition coefficient (Wildman–Crippen LogP) is 5.52. The topological polar surface area (TPSA) is 24.3 Å². The summed E-state index contributed by atoms with van der Waals surface area (Å²) >= 11 is 1.87. The molecule has 6 rings (SSSR count). The van der Waals surface area contributed by atoms with E-state index in [2.05, 4.69) is 62.9 Å². The number of aromatic nitrogens is 2. The summed E-state index contributed by atoms with van der Waals surface area (Å²) in [5.74, 6) is 1.12. The van der Waals surface area contributed by atoms with Gasteiger partial charge in [0.2, 0.25) is 0 Å². The number of imidazole rings is 1. The van der Waals surface area contributed by atoms with Gasteiger partial charge in [0.15, 0.2) is 5.16 Å². The summed E-state index contributed by atoms with van der Waals surface area (Å²) in [6.45, 7) is 5.79. The third-order valence-electron chi connectivity index (χ3n) is 6.70. The number of benzene rings is 2. The number of rotatable bonds is 4. The molecule has 0 bridgehead atoms. The van der Waals surface area contributed by atoms with Gasteiger partial charge in [0, 0.05) is 61.0 Å². The molecular weight excluding hydrogens is 388 g/mol. The predicted molar refractivity (Wildman–Crippen MR) is 127 cm³/mol. The fraction of sp³-hybridized carbons (Fsp3) is 0.400. The van der Waals surface area contributed by atoms with E-state index in [0.717, 1.165) is 23.1 Å². The Kier molecular flexibility index (Phi) is 4.71. The molecule has 0 aliphatic carbocycles. The lowest BCUT2D eigenvalue weighted by Crippen LogP contribution is -2.17. The molecule has 0 radical (unpaired) electrons. The Morgan fingerprint density at radius 1 is 0.633 bits per heavy atom. The van der Waals surface area contributed by atoms with E-state index in [1.54, 1.807) is 0 Å². The minimum Gasteiger partial charge on any atom is -0.372 e. The SMILES string of the molecule is c1cc(N2CCCC2)ccc1-c1nc2n(c1-c1ccc(N3CCCC3)cc1)CCS2. The summed E-state index contributed by atoms with van der Waals surface area (Å²) in [6.07, 6.45) is 5.24. The van der Waals surface area contributed by atoms with Crippen molar-refractivity contribution in [2.24, 2.45) is 0 Å². The van der Waals surface area contributed by atoms with E-state index in [-0.39, 0.29) is 0 Å². The number of nitrogens with zero attached hydrogens (tertiary/aromatic N) is 4. The van der Waals surface area contributed by atoms with Crippen molar-refractivity contribution in [3.63, 3.8) is 0 Å². The summed E-state index contributed by atoms with van der Waals surface area (Å²) in [6, 6.07) is 18.3. The van der Waals surface area contributed by atoms with E-state index in [1.807, 2.05) is 11.8 Å². The van der Waals surface area contributed by atoms with Crippen molar-refractivity contribution in [3.05, 3.63) is 48.5 Å². The van der Waals surface area contributed by atoms with Crippen LogP contribution in [0.5, 0.6) is 0 Å². The number of hydrogen-bond donors (Lipinski definition) is 0. The normalized spacial score (nSPS) is 18.4. The fourth-order valence-corrected chi connectivity index (χ4v) is 6.03. The monoisotopic (exact) mass is 416 g/mol. The van der Waals surface area contributed by atoms with E-state index in [1.165, 1.54) is 80.1 Å². The van der Waals surface area contributed by atoms with Crippen molar-refractivity contribution in [3.8, 4) is 22.5 Å². The van der Waals surface area contributed by atoms with Gasteiger partial charge in [0.05, 0.1) is 11.4 Å². The summed E-state index contributed by atoms with van der Waals surface area (Å²) in [5.41, 5.74) is 7.59.